The fourth-order valence-electron chi connectivity index (χ4n) is 4.88. The Kier molecular flexibility index (Phi) is 5.79. The third kappa shape index (κ3) is 3.93. The summed E-state index contributed by atoms with van der Waals surface area (Å²) in [5, 5.41) is 12.7. The van der Waals surface area contributed by atoms with E-state index in [4.69, 9.17) is 4.98 Å². The molecule has 0 radical (unpaired) electrons. The second kappa shape index (κ2) is 8.50. The second-order valence-electron chi connectivity index (χ2n) is 8.64. The van der Waals surface area contributed by atoms with E-state index in [-0.39, 0.29) is 24.5 Å². The molecule has 160 valence electrons. The van der Waals surface area contributed by atoms with Crippen molar-refractivity contribution < 1.29 is 14.7 Å². The van der Waals surface area contributed by atoms with Crippen LogP contribution in [0.4, 0.5) is 4.79 Å². The molecule has 0 spiro atoms. The molecule has 1 aliphatic heterocycles. The first-order chi connectivity index (χ1) is 14.5. The first kappa shape index (κ1) is 20.4. The molecule has 2 N–H and O–H groups in total. The molecule has 2 amide bonds. The van der Waals surface area contributed by atoms with E-state index in [0.29, 0.717) is 23.9 Å². The van der Waals surface area contributed by atoms with E-state index in [9.17, 15) is 14.7 Å². The van der Waals surface area contributed by atoms with Gasteiger partial charge in [0.05, 0.1) is 18.3 Å². The molecular formula is C23H30N4O3. The van der Waals surface area contributed by atoms with Crippen LogP contribution in [-0.4, -0.2) is 44.1 Å². The molecule has 2 aromatic rings. The van der Waals surface area contributed by atoms with Crippen molar-refractivity contribution in [3.05, 3.63) is 41.7 Å². The molecule has 4 rings (SSSR count). The summed E-state index contributed by atoms with van der Waals surface area (Å²) < 4.78 is 2.04. The average Bonchev–Trinajstić information content (AvgIpc) is 3.15. The number of rotatable bonds is 4. The summed E-state index contributed by atoms with van der Waals surface area (Å²) in [4.78, 5) is 31.0. The molecule has 0 bridgehead atoms. The van der Waals surface area contributed by atoms with Gasteiger partial charge in [-0.2, -0.15) is 0 Å². The van der Waals surface area contributed by atoms with Crippen molar-refractivity contribution in [2.75, 3.05) is 6.54 Å². The number of nitrogens with zero attached hydrogens (tertiary/aromatic N) is 3. The minimum Gasteiger partial charge on any atom is -0.465 e. The van der Waals surface area contributed by atoms with Gasteiger partial charge in [0, 0.05) is 18.2 Å². The molecule has 7 heteroatoms. The monoisotopic (exact) mass is 410 g/mol. The van der Waals surface area contributed by atoms with Crippen LogP contribution in [0.3, 0.4) is 0 Å². The minimum atomic E-state index is -0.975. The summed E-state index contributed by atoms with van der Waals surface area (Å²) >= 11 is 0. The van der Waals surface area contributed by atoms with Gasteiger partial charge in [-0.1, -0.05) is 49.6 Å². The molecule has 1 aromatic heterocycles. The lowest BCUT2D eigenvalue weighted by atomic mass is 9.84. The summed E-state index contributed by atoms with van der Waals surface area (Å²) in [5.74, 6) is 1.00. The van der Waals surface area contributed by atoms with Crippen molar-refractivity contribution in [2.45, 2.75) is 64.6 Å². The van der Waals surface area contributed by atoms with E-state index in [1.54, 1.807) is 0 Å². The maximum atomic E-state index is 13.2. The number of aromatic nitrogens is 2. The Hall–Kier alpha value is -2.83. The van der Waals surface area contributed by atoms with E-state index in [2.05, 4.69) is 12.2 Å². The Morgan fingerprint density at radius 1 is 1.17 bits per heavy atom. The molecule has 2 atom stereocenters. The average molecular weight is 411 g/mol. The van der Waals surface area contributed by atoms with Gasteiger partial charge < -0.3 is 19.9 Å². The van der Waals surface area contributed by atoms with Crippen molar-refractivity contribution in [1.29, 1.82) is 0 Å². The van der Waals surface area contributed by atoms with Gasteiger partial charge in [-0.15, -0.1) is 0 Å². The number of amides is 2. The van der Waals surface area contributed by atoms with E-state index in [1.165, 1.54) is 24.2 Å². The third-order valence-electron chi connectivity index (χ3n) is 6.51. The second-order valence-corrected chi connectivity index (χ2v) is 8.64. The number of hydrogen-bond acceptors (Lipinski definition) is 3. The Balaban J connectivity index is 1.68. The van der Waals surface area contributed by atoms with Crippen molar-refractivity contribution in [1.82, 2.24) is 19.8 Å². The van der Waals surface area contributed by atoms with E-state index < -0.39 is 6.09 Å². The number of nitrogens with one attached hydrogen (secondary N) is 1. The predicted molar refractivity (Wildman–Crippen MR) is 114 cm³/mol. The molecule has 1 fully saturated rings. The SMILES string of the molecule is CC(NC(=O)c1nc(-c2ccccc2)n2c1CN(C(=O)O)C[C@H]2C)C1CCCCC1. The highest BCUT2D eigenvalue weighted by molar-refractivity contribution is 5.94. The lowest BCUT2D eigenvalue weighted by Gasteiger charge is -2.32. The fraction of sp³-hybridized carbons (Fsp3) is 0.522. The molecule has 2 heterocycles. The number of carboxylic acid groups (broad SMARTS) is 1. The van der Waals surface area contributed by atoms with Gasteiger partial charge in [-0.3, -0.25) is 4.79 Å². The van der Waals surface area contributed by atoms with Gasteiger partial charge in [0.2, 0.25) is 0 Å². The number of benzene rings is 1. The Bertz CT molecular complexity index is 918. The number of imidazole rings is 1. The third-order valence-corrected chi connectivity index (χ3v) is 6.51. The van der Waals surface area contributed by atoms with Crippen molar-refractivity contribution in [2.24, 2.45) is 5.92 Å². The summed E-state index contributed by atoms with van der Waals surface area (Å²) in [6.07, 6.45) is 5.01. The van der Waals surface area contributed by atoms with Crippen LogP contribution in [-0.2, 0) is 6.54 Å². The highest BCUT2D eigenvalue weighted by Gasteiger charge is 2.34. The highest BCUT2D eigenvalue weighted by Crippen LogP contribution is 2.32. The molecule has 30 heavy (non-hydrogen) atoms. The van der Waals surface area contributed by atoms with Crippen molar-refractivity contribution in [3.8, 4) is 11.4 Å². The fourth-order valence-corrected chi connectivity index (χ4v) is 4.88. The molecule has 1 saturated carbocycles. The van der Waals surface area contributed by atoms with Crippen LogP contribution < -0.4 is 5.32 Å². The maximum absolute atomic E-state index is 13.2. The molecule has 0 saturated heterocycles. The minimum absolute atomic E-state index is 0.0758. The zero-order valence-corrected chi connectivity index (χ0v) is 17.7. The van der Waals surface area contributed by atoms with Crippen molar-refractivity contribution >= 4 is 12.0 Å². The van der Waals surface area contributed by atoms with Gasteiger partial charge >= 0.3 is 6.09 Å². The first-order valence-corrected chi connectivity index (χ1v) is 10.9. The normalized spacial score (nSPS) is 20.5. The highest BCUT2D eigenvalue weighted by atomic mass is 16.4. The van der Waals surface area contributed by atoms with E-state index >= 15 is 0 Å². The van der Waals surface area contributed by atoms with Crippen LogP contribution in [0.15, 0.2) is 30.3 Å². The van der Waals surface area contributed by atoms with Gasteiger partial charge in [-0.05, 0) is 32.6 Å². The standard InChI is InChI=1S/C23H30N4O3/c1-15-13-26(23(29)30)14-19-20(22(28)24-16(2)17-9-5-3-6-10-17)25-21(27(15)19)18-11-7-4-8-12-18/h4,7-8,11-12,15-17H,3,5-6,9-10,13-14H2,1-2H3,(H,24,28)(H,29,30)/t15-,16?/m1/s1. The molecule has 1 unspecified atom stereocenters. The van der Waals surface area contributed by atoms with Gasteiger partial charge in [0.15, 0.2) is 5.69 Å². The number of fused-ring (bicyclic) bond motifs is 1. The molecule has 7 nitrogen and oxygen atoms in total. The zero-order chi connectivity index (χ0) is 21.3. The van der Waals surface area contributed by atoms with Crippen LogP contribution >= 0.6 is 0 Å². The van der Waals surface area contributed by atoms with E-state index in [0.717, 1.165) is 24.2 Å². The zero-order valence-electron chi connectivity index (χ0n) is 17.7. The molecular weight excluding hydrogens is 380 g/mol. The largest absolute Gasteiger partial charge is 0.465 e. The van der Waals surface area contributed by atoms with Crippen LogP contribution in [0.25, 0.3) is 11.4 Å². The smallest absolute Gasteiger partial charge is 0.407 e. The van der Waals surface area contributed by atoms with Crippen LogP contribution in [0.5, 0.6) is 0 Å². The maximum Gasteiger partial charge on any atom is 0.407 e. The number of hydrogen-bond donors (Lipinski definition) is 2. The number of carbonyl (C=O) groups is 2. The molecule has 2 aliphatic rings. The Morgan fingerprint density at radius 3 is 2.53 bits per heavy atom. The lowest BCUT2D eigenvalue weighted by Crippen LogP contribution is -2.42. The first-order valence-electron chi connectivity index (χ1n) is 10.9. The number of carbonyl (C=O) groups excluding carboxylic acids is 1. The predicted octanol–water partition coefficient (Wildman–Crippen LogP) is 4.30. The quantitative estimate of drug-likeness (QED) is 0.786. The van der Waals surface area contributed by atoms with Crippen LogP contribution in [0, 0.1) is 5.92 Å². The summed E-state index contributed by atoms with van der Waals surface area (Å²) in [6.45, 7) is 4.58. The van der Waals surface area contributed by atoms with Crippen LogP contribution in [0.2, 0.25) is 0 Å². The van der Waals surface area contributed by atoms with Gasteiger partial charge in [0.25, 0.3) is 5.91 Å². The topological polar surface area (TPSA) is 87.5 Å². The van der Waals surface area contributed by atoms with Crippen LogP contribution in [0.1, 0.15) is 68.2 Å². The van der Waals surface area contributed by atoms with Crippen molar-refractivity contribution in [3.63, 3.8) is 0 Å². The Morgan fingerprint density at radius 2 is 1.87 bits per heavy atom. The lowest BCUT2D eigenvalue weighted by molar-refractivity contribution is 0.0906. The summed E-state index contributed by atoms with van der Waals surface area (Å²) in [7, 11) is 0. The van der Waals surface area contributed by atoms with Gasteiger partial charge in [0.1, 0.15) is 5.82 Å². The molecule has 1 aromatic carbocycles. The summed E-state index contributed by atoms with van der Waals surface area (Å²) in [5.41, 5.74) is 1.94. The summed E-state index contributed by atoms with van der Waals surface area (Å²) in [6, 6.07) is 9.74. The van der Waals surface area contributed by atoms with Gasteiger partial charge in [-0.25, -0.2) is 9.78 Å². The van der Waals surface area contributed by atoms with E-state index in [1.807, 2.05) is 41.8 Å². The Labute approximate surface area is 177 Å². The molecule has 1 aliphatic carbocycles.